The normalized spacial score (nSPS) is 29.5. The van der Waals surface area contributed by atoms with Gasteiger partial charge >= 0.3 is 21.3 Å². The quantitative estimate of drug-likeness (QED) is 0.465. The van der Waals surface area contributed by atoms with E-state index in [1.807, 2.05) is 0 Å². The van der Waals surface area contributed by atoms with Gasteiger partial charge in [-0.2, -0.15) is 9.29 Å². The van der Waals surface area contributed by atoms with E-state index < -0.39 is 52.6 Å². The lowest BCUT2D eigenvalue weighted by atomic mass is 10.2. The average molecular weight is 407 g/mol. The monoisotopic (exact) mass is 407 g/mol. The third-order valence-corrected chi connectivity index (χ3v) is 5.14. The molecule has 142 valence electrons. The number of nitrogen functional groups attached to an aromatic ring is 1. The molecule has 0 saturated carbocycles. The van der Waals surface area contributed by atoms with E-state index in [2.05, 4.69) is 13.8 Å². The molecule has 0 aromatic carbocycles. The van der Waals surface area contributed by atoms with Crippen molar-refractivity contribution in [3.63, 3.8) is 0 Å². The summed E-state index contributed by atoms with van der Waals surface area (Å²) in [4.78, 5) is 40.9. The molecule has 16 heteroatoms. The van der Waals surface area contributed by atoms with E-state index >= 15 is 0 Å². The minimum atomic E-state index is -5.42. The number of hydrogen-bond acceptors (Lipinski definition) is 8. The van der Waals surface area contributed by atoms with Gasteiger partial charge < -0.3 is 25.2 Å². The third-order valence-electron chi connectivity index (χ3n) is 3.00. The fourth-order valence-electron chi connectivity index (χ4n) is 1.97. The Morgan fingerprint density at radius 3 is 2.68 bits per heavy atom. The lowest BCUT2D eigenvalue weighted by Crippen LogP contribution is -2.37. The molecule has 12 nitrogen and oxygen atoms in total. The van der Waals surface area contributed by atoms with E-state index in [1.165, 1.54) is 6.07 Å². The number of aromatic nitrogens is 2. The number of halogens is 2. The highest BCUT2D eigenvalue weighted by atomic mass is 31.3. The van der Waals surface area contributed by atoms with Gasteiger partial charge in [0, 0.05) is 12.6 Å². The molecule has 1 unspecified atom stereocenters. The highest BCUT2D eigenvalue weighted by Gasteiger charge is 2.53. The summed E-state index contributed by atoms with van der Waals surface area (Å²) in [5, 5.41) is 0. The van der Waals surface area contributed by atoms with Crippen molar-refractivity contribution in [2.24, 2.45) is 0 Å². The molecule has 1 aromatic rings. The number of hydrogen-bond donors (Lipinski definition) is 4. The fraction of sp³-hybridized carbons (Fsp3) is 0.556. The molecule has 0 amide bonds. The van der Waals surface area contributed by atoms with Crippen LogP contribution in [-0.2, 0) is 22.7 Å². The Morgan fingerprint density at radius 2 is 2.12 bits per heavy atom. The van der Waals surface area contributed by atoms with Crippen molar-refractivity contribution in [2.45, 2.75) is 24.7 Å². The second-order valence-electron chi connectivity index (χ2n) is 4.92. The van der Waals surface area contributed by atoms with E-state index in [1.54, 1.807) is 0 Å². The molecule has 0 spiro atoms. The van der Waals surface area contributed by atoms with E-state index in [4.69, 9.17) is 25.2 Å². The first-order valence-corrected chi connectivity index (χ1v) is 9.44. The van der Waals surface area contributed by atoms with Gasteiger partial charge in [-0.15, -0.1) is 0 Å². The van der Waals surface area contributed by atoms with Crippen LogP contribution < -0.4 is 11.4 Å². The summed E-state index contributed by atoms with van der Waals surface area (Å²) >= 11 is 0. The van der Waals surface area contributed by atoms with E-state index in [9.17, 15) is 22.7 Å². The molecule has 25 heavy (non-hydrogen) atoms. The smallest absolute Gasteiger partial charge is 0.383 e. The van der Waals surface area contributed by atoms with Crippen molar-refractivity contribution in [3.8, 4) is 0 Å². The molecule has 0 bridgehead atoms. The van der Waals surface area contributed by atoms with E-state index in [0.29, 0.717) is 0 Å². The molecule has 2 heterocycles. The van der Waals surface area contributed by atoms with Gasteiger partial charge in [0.2, 0.25) is 0 Å². The van der Waals surface area contributed by atoms with Crippen LogP contribution >= 0.6 is 15.6 Å². The summed E-state index contributed by atoms with van der Waals surface area (Å²) < 4.78 is 63.1. The SMILES string of the molecule is Nc1ccn([C@H]2C[C@H](F)[C@@](F)(COP(=O)(O)OP(=O)(O)O)O2)c(=O)n1. The summed E-state index contributed by atoms with van der Waals surface area (Å²) in [6.07, 6.45) is -3.43. The van der Waals surface area contributed by atoms with Crippen LogP contribution in [0.1, 0.15) is 12.6 Å². The Kier molecular flexibility index (Phi) is 5.47. The van der Waals surface area contributed by atoms with Crippen molar-refractivity contribution in [1.82, 2.24) is 9.55 Å². The lowest BCUT2D eigenvalue weighted by molar-refractivity contribution is -0.193. The number of ether oxygens (including phenoxy) is 1. The Morgan fingerprint density at radius 1 is 1.48 bits per heavy atom. The van der Waals surface area contributed by atoms with Gasteiger partial charge in [0.25, 0.3) is 5.85 Å². The minimum Gasteiger partial charge on any atom is -0.383 e. The molecule has 1 aliphatic heterocycles. The Labute approximate surface area is 138 Å². The van der Waals surface area contributed by atoms with Crippen LogP contribution in [0.25, 0.3) is 0 Å². The van der Waals surface area contributed by atoms with E-state index in [-0.39, 0.29) is 5.82 Å². The van der Waals surface area contributed by atoms with Crippen molar-refractivity contribution in [1.29, 1.82) is 0 Å². The number of rotatable bonds is 6. The maximum atomic E-state index is 14.5. The Bertz CT molecular complexity index is 801. The topological polar surface area (TPSA) is 183 Å². The van der Waals surface area contributed by atoms with Crippen molar-refractivity contribution in [2.75, 3.05) is 12.3 Å². The molecule has 0 radical (unpaired) electrons. The molecule has 1 fully saturated rings. The number of anilines is 1. The largest absolute Gasteiger partial charge is 0.481 e. The van der Waals surface area contributed by atoms with Crippen LogP contribution in [0.5, 0.6) is 0 Å². The molecule has 4 atom stereocenters. The van der Waals surface area contributed by atoms with Gasteiger partial charge in [-0.3, -0.25) is 9.09 Å². The molecule has 5 N–H and O–H groups in total. The van der Waals surface area contributed by atoms with Gasteiger partial charge in [-0.1, -0.05) is 0 Å². The summed E-state index contributed by atoms with van der Waals surface area (Å²) in [6, 6.07) is 1.18. The Balaban J connectivity index is 2.10. The number of phosphoric acid groups is 2. The van der Waals surface area contributed by atoms with Crippen LogP contribution in [0.3, 0.4) is 0 Å². The summed E-state index contributed by atoms with van der Waals surface area (Å²) in [5.41, 5.74) is 4.34. The van der Waals surface area contributed by atoms with Crippen molar-refractivity contribution >= 4 is 21.5 Å². The van der Waals surface area contributed by atoms with Crippen LogP contribution in [0.15, 0.2) is 17.1 Å². The Hall–Kier alpha value is -1.24. The van der Waals surface area contributed by atoms with Gasteiger partial charge in [0.05, 0.1) is 0 Å². The van der Waals surface area contributed by atoms with Crippen LogP contribution in [-0.4, -0.2) is 42.9 Å². The lowest BCUT2D eigenvalue weighted by Gasteiger charge is -2.23. The second-order valence-corrected chi connectivity index (χ2v) is 7.75. The van der Waals surface area contributed by atoms with Crippen LogP contribution in [0.4, 0.5) is 14.6 Å². The minimum absolute atomic E-state index is 0.123. The fourth-order valence-corrected chi connectivity index (χ4v) is 3.57. The predicted molar refractivity (Wildman–Crippen MR) is 75.3 cm³/mol. The molecular weight excluding hydrogens is 394 g/mol. The number of alkyl halides is 2. The zero-order valence-electron chi connectivity index (χ0n) is 12.1. The predicted octanol–water partition coefficient (Wildman–Crippen LogP) is -0.0254. The van der Waals surface area contributed by atoms with Crippen LogP contribution in [0.2, 0.25) is 0 Å². The maximum absolute atomic E-state index is 14.5. The van der Waals surface area contributed by atoms with Crippen molar-refractivity contribution < 1.29 is 46.2 Å². The highest BCUT2D eigenvalue weighted by molar-refractivity contribution is 7.60. The zero-order chi connectivity index (χ0) is 19.0. The van der Waals surface area contributed by atoms with Gasteiger partial charge in [0.15, 0.2) is 6.17 Å². The summed E-state index contributed by atoms with van der Waals surface area (Å²) in [5.74, 6) is -3.40. The first kappa shape index (κ1) is 20.1. The zero-order valence-corrected chi connectivity index (χ0v) is 13.9. The van der Waals surface area contributed by atoms with Crippen molar-refractivity contribution in [3.05, 3.63) is 22.7 Å². The molecule has 2 rings (SSSR count). The summed E-state index contributed by atoms with van der Waals surface area (Å²) in [6.45, 7) is -1.53. The molecule has 0 aliphatic carbocycles. The van der Waals surface area contributed by atoms with Gasteiger partial charge in [0.1, 0.15) is 18.7 Å². The first-order chi connectivity index (χ1) is 11.3. The molecule has 1 aromatic heterocycles. The average Bonchev–Trinajstić information content (AvgIpc) is 2.70. The standard InChI is InChI=1S/C9H13F2N3O9P2/c10-5-3-7(14-2-1-6(12)13-8(14)15)22-9(5,11)4-21-25(19,20)23-24(16,17)18/h1-2,5,7H,3-4H2,(H,19,20)(H2,12,13,15)(H2,16,17,18)/t5-,7+,9+/m0/s1. The first-order valence-electron chi connectivity index (χ1n) is 6.41. The molecule has 1 saturated heterocycles. The second kappa shape index (κ2) is 6.82. The molecule has 1 aliphatic rings. The third kappa shape index (κ3) is 5.12. The molecular formula is C9H13F2N3O9P2. The maximum Gasteiger partial charge on any atom is 0.481 e. The summed E-state index contributed by atoms with van der Waals surface area (Å²) in [7, 11) is -10.8. The highest BCUT2D eigenvalue weighted by Crippen LogP contribution is 2.58. The number of nitrogens with two attached hydrogens (primary N) is 1. The number of phosphoric ester groups is 1. The van der Waals surface area contributed by atoms with Crippen LogP contribution in [0, 0.1) is 0 Å². The van der Waals surface area contributed by atoms with E-state index in [0.717, 1.165) is 10.8 Å². The van der Waals surface area contributed by atoms with Gasteiger partial charge in [-0.25, -0.2) is 22.7 Å². The number of nitrogens with zero attached hydrogens (tertiary/aromatic N) is 2. The van der Waals surface area contributed by atoms with Gasteiger partial charge in [-0.05, 0) is 6.07 Å².